The molecule has 0 saturated heterocycles. The van der Waals surface area contributed by atoms with Crippen molar-refractivity contribution in [1.29, 1.82) is 0 Å². The van der Waals surface area contributed by atoms with Crippen LogP contribution in [0.5, 0.6) is 0 Å². The monoisotopic (exact) mass is 587 g/mol. The van der Waals surface area contributed by atoms with Gasteiger partial charge in [-0.05, 0) is 72.8 Å². The molecule has 8 heteroatoms. The van der Waals surface area contributed by atoms with Gasteiger partial charge < -0.3 is 4.84 Å². The van der Waals surface area contributed by atoms with Crippen molar-refractivity contribution in [3.05, 3.63) is 125 Å². The molecule has 0 radical (unpaired) electrons. The lowest BCUT2D eigenvalue weighted by molar-refractivity contribution is -0.143. The van der Waals surface area contributed by atoms with Crippen LogP contribution in [0.25, 0.3) is 0 Å². The lowest BCUT2D eigenvalue weighted by Gasteiger charge is -2.08. The summed E-state index contributed by atoms with van der Waals surface area (Å²) in [5.74, 6) is -0.236. The number of nitrogens with zero attached hydrogens (tertiary/aromatic N) is 1. The molecule has 0 fully saturated rings. The van der Waals surface area contributed by atoms with Crippen LogP contribution in [0.4, 0.5) is 0 Å². The summed E-state index contributed by atoms with van der Waals surface area (Å²) in [4.78, 5) is 45.4. The number of hydrogen-bond donors (Lipinski definition) is 0. The smallest absolute Gasteiger partial charge is 0.318 e. The maximum absolute atomic E-state index is 13.2. The van der Waals surface area contributed by atoms with E-state index in [0.29, 0.717) is 33.9 Å². The molecule has 0 N–H and O–H groups in total. The van der Waals surface area contributed by atoms with Gasteiger partial charge in [-0.3, -0.25) is 9.59 Å². The molecular weight excluding hydrogens is 562 g/mol. The van der Waals surface area contributed by atoms with Crippen molar-refractivity contribution in [1.82, 2.24) is 0 Å². The second kappa shape index (κ2) is 14.7. The first kappa shape index (κ1) is 29.3. The third-order valence-corrected chi connectivity index (χ3v) is 8.02. The fourth-order valence-corrected chi connectivity index (χ4v) is 5.38. The van der Waals surface area contributed by atoms with Crippen molar-refractivity contribution < 1.29 is 19.2 Å². The van der Waals surface area contributed by atoms with E-state index in [2.05, 4.69) is 5.16 Å². The Hall–Kier alpha value is -3.65. The number of carbonyl (C=O) groups is 3. The lowest BCUT2D eigenvalue weighted by atomic mass is 10.0. The Labute approximate surface area is 247 Å². The number of Topliss-reactive ketones (excluding diaryl/α,β-unsaturated/α-hetero) is 1. The second-order valence-corrected chi connectivity index (χ2v) is 11.3. The molecule has 0 aliphatic carbocycles. The molecule has 4 rings (SSSR count). The Bertz CT molecular complexity index is 1490. The standard InChI is InChI=1S/C32H26ClNO4S2/c1-2-30(35)38-34-29(20-21-39-26-18-12-25(33)13-19-26)32(37)24-10-16-28(17-11-24)40-27-14-8-23(9-15-27)31(36)22-6-4-3-5-7-22/h3-19H,2,20-21H2,1H3/b34-29+. The summed E-state index contributed by atoms with van der Waals surface area (Å²) in [6.45, 7) is 1.67. The Kier molecular flexibility index (Phi) is 10.7. The quantitative estimate of drug-likeness (QED) is 0.0545. The zero-order valence-corrected chi connectivity index (χ0v) is 24.1. The summed E-state index contributed by atoms with van der Waals surface area (Å²) in [7, 11) is 0. The minimum atomic E-state index is -0.501. The molecule has 4 aromatic rings. The average molecular weight is 588 g/mol. The SMILES string of the molecule is CCC(=O)O/N=C(\CCSc1ccc(Cl)cc1)C(=O)c1ccc(Sc2ccc(C(=O)c3ccccc3)cc2)cc1. The highest BCUT2D eigenvalue weighted by atomic mass is 35.5. The van der Waals surface area contributed by atoms with Crippen molar-refractivity contribution in [3.63, 3.8) is 0 Å². The largest absolute Gasteiger partial charge is 0.334 e. The van der Waals surface area contributed by atoms with Crippen LogP contribution in [0.3, 0.4) is 0 Å². The van der Waals surface area contributed by atoms with E-state index in [1.165, 1.54) is 11.8 Å². The van der Waals surface area contributed by atoms with Gasteiger partial charge in [-0.25, -0.2) is 4.79 Å². The van der Waals surface area contributed by atoms with Crippen LogP contribution < -0.4 is 0 Å². The Balaban J connectivity index is 1.40. The Morgan fingerprint density at radius 2 is 1.27 bits per heavy atom. The number of hydrogen-bond acceptors (Lipinski definition) is 7. The van der Waals surface area contributed by atoms with E-state index in [1.807, 2.05) is 78.9 Å². The van der Waals surface area contributed by atoms with Crippen LogP contribution in [0.2, 0.25) is 5.02 Å². The normalized spacial score (nSPS) is 11.2. The summed E-state index contributed by atoms with van der Waals surface area (Å²) >= 11 is 9.04. The van der Waals surface area contributed by atoms with E-state index in [-0.39, 0.29) is 23.7 Å². The van der Waals surface area contributed by atoms with Gasteiger partial charge in [0.15, 0.2) is 5.78 Å². The van der Waals surface area contributed by atoms with Gasteiger partial charge in [0, 0.05) is 55.0 Å². The van der Waals surface area contributed by atoms with Crippen molar-refractivity contribution in [2.75, 3.05) is 5.75 Å². The van der Waals surface area contributed by atoms with E-state index >= 15 is 0 Å². The Morgan fingerprint density at radius 3 is 1.88 bits per heavy atom. The molecule has 0 aliphatic rings. The Morgan fingerprint density at radius 1 is 0.725 bits per heavy atom. The number of oxime groups is 1. The maximum atomic E-state index is 13.2. The molecule has 40 heavy (non-hydrogen) atoms. The predicted octanol–water partition coefficient (Wildman–Crippen LogP) is 8.40. The van der Waals surface area contributed by atoms with Crippen molar-refractivity contribution in [2.45, 2.75) is 34.5 Å². The van der Waals surface area contributed by atoms with Crippen LogP contribution in [0.1, 0.15) is 46.0 Å². The minimum absolute atomic E-state index is 0.0198. The number of halogens is 1. The highest BCUT2D eigenvalue weighted by molar-refractivity contribution is 7.99. The van der Waals surface area contributed by atoms with Gasteiger partial charge in [-0.1, -0.05) is 65.8 Å². The maximum Gasteiger partial charge on any atom is 0.334 e. The first-order valence-corrected chi connectivity index (χ1v) is 14.8. The van der Waals surface area contributed by atoms with E-state index in [0.717, 1.165) is 14.7 Å². The van der Waals surface area contributed by atoms with Gasteiger partial charge in [0.2, 0.25) is 5.78 Å². The zero-order chi connectivity index (χ0) is 28.3. The summed E-state index contributed by atoms with van der Waals surface area (Å²) in [5.41, 5.74) is 1.92. The molecule has 5 nitrogen and oxygen atoms in total. The molecule has 0 saturated carbocycles. The van der Waals surface area contributed by atoms with Gasteiger partial charge in [0.05, 0.1) is 0 Å². The van der Waals surface area contributed by atoms with Crippen LogP contribution in [0, 0.1) is 0 Å². The number of ketones is 2. The summed E-state index contributed by atoms with van der Waals surface area (Å²) in [6, 6.07) is 31.3. The molecule has 0 heterocycles. The van der Waals surface area contributed by atoms with Crippen molar-refractivity contribution in [2.24, 2.45) is 5.16 Å². The molecule has 202 valence electrons. The van der Waals surface area contributed by atoms with Crippen LogP contribution >= 0.6 is 35.1 Å². The fraction of sp³-hybridized carbons (Fsp3) is 0.125. The molecule has 4 aromatic carbocycles. The lowest BCUT2D eigenvalue weighted by Crippen LogP contribution is -2.17. The van der Waals surface area contributed by atoms with Gasteiger partial charge in [-0.15, -0.1) is 11.8 Å². The number of carbonyl (C=O) groups excluding carboxylic acids is 3. The minimum Gasteiger partial charge on any atom is -0.318 e. The van der Waals surface area contributed by atoms with E-state index in [9.17, 15) is 14.4 Å². The van der Waals surface area contributed by atoms with Crippen molar-refractivity contribution in [3.8, 4) is 0 Å². The van der Waals surface area contributed by atoms with Gasteiger partial charge in [-0.2, -0.15) is 0 Å². The molecule has 0 aliphatic heterocycles. The van der Waals surface area contributed by atoms with E-state index in [1.54, 1.807) is 43.0 Å². The highest BCUT2D eigenvalue weighted by Crippen LogP contribution is 2.29. The van der Waals surface area contributed by atoms with Crippen molar-refractivity contribution >= 4 is 58.4 Å². The fourth-order valence-electron chi connectivity index (χ4n) is 3.58. The summed E-state index contributed by atoms with van der Waals surface area (Å²) in [5, 5.41) is 4.56. The topological polar surface area (TPSA) is 72.8 Å². The predicted molar refractivity (Wildman–Crippen MR) is 162 cm³/mol. The second-order valence-electron chi connectivity index (χ2n) is 8.58. The van der Waals surface area contributed by atoms with Gasteiger partial charge >= 0.3 is 5.97 Å². The van der Waals surface area contributed by atoms with Crippen LogP contribution in [-0.2, 0) is 9.63 Å². The summed E-state index contributed by atoms with van der Waals surface area (Å²) in [6.07, 6.45) is 0.492. The first-order valence-electron chi connectivity index (χ1n) is 12.6. The number of rotatable bonds is 12. The van der Waals surface area contributed by atoms with Gasteiger partial charge in [0.1, 0.15) is 5.71 Å². The van der Waals surface area contributed by atoms with Gasteiger partial charge in [0.25, 0.3) is 0 Å². The molecule has 0 bridgehead atoms. The van der Waals surface area contributed by atoms with E-state index in [4.69, 9.17) is 16.4 Å². The zero-order valence-electron chi connectivity index (χ0n) is 21.7. The van der Waals surface area contributed by atoms with Crippen LogP contribution in [-0.4, -0.2) is 29.0 Å². The number of benzene rings is 4. The molecule has 0 amide bonds. The molecular formula is C32H26ClNO4S2. The third kappa shape index (κ3) is 8.42. The third-order valence-electron chi connectivity index (χ3n) is 5.73. The van der Waals surface area contributed by atoms with E-state index < -0.39 is 5.97 Å². The molecule has 0 aromatic heterocycles. The van der Waals surface area contributed by atoms with Crippen LogP contribution in [0.15, 0.2) is 123 Å². The average Bonchev–Trinajstić information content (AvgIpc) is 3.00. The summed E-state index contributed by atoms with van der Waals surface area (Å²) < 4.78 is 0. The first-order chi connectivity index (χ1) is 19.4. The molecule has 0 atom stereocenters. The number of thioether (sulfide) groups is 1. The molecule has 0 unspecified atom stereocenters. The molecule has 0 spiro atoms. The highest BCUT2D eigenvalue weighted by Gasteiger charge is 2.17.